The van der Waals surface area contributed by atoms with E-state index in [1.165, 1.54) is 0 Å². The Kier molecular flexibility index (Phi) is 5.93. The van der Waals surface area contributed by atoms with E-state index in [1.807, 2.05) is 45.3 Å². The van der Waals surface area contributed by atoms with Gasteiger partial charge in [0, 0.05) is 18.2 Å². The van der Waals surface area contributed by atoms with Gasteiger partial charge in [-0.25, -0.2) is 9.78 Å². The van der Waals surface area contributed by atoms with E-state index < -0.39 is 11.1 Å². The summed E-state index contributed by atoms with van der Waals surface area (Å²) in [5.41, 5.74) is 3.33. The largest absolute Gasteiger partial charge is 0.444 e. The van der Waals surface area contributed by atoms with E-state index >= 15 is 0 Å². The Balaban J connectivity index is 1.54. The second kappa shape index (κ2) is 9.06. The van der Waals surface area contributed by atoms with Crippen LogP contribution in [0, 0.1) is 0 Å². The maximum Gasteiger partial charge on any atom is 0.407 e. The summed E-state index contributed by atoms with van der Waals surface area (Å²) in [4.78, 5) is 17.1. The van der Waals surface area contributed by atoms with Gasteiger partial charge in [0.2, 0.25) is 0 Å². The Morgan fingerprint density at radius 1 is 0.857 bits per heavy atom. The van der Waals surface area contributed by atoms with Crippen molar-refractivity contribution in [3.8, 4) is 0 Å². The van der Waals surface area contributed by atoms with Crippen molar-refractivity contribution in [3.63, 3.8) is 0 Å². The predicted molar refractivity (Wildman–Crippen MR) is 137 cm³/mol. The van der Waals surface area contributed by atoms with Gasteiger partial charge < -0.3 is 14.6 Å². The zero-order chi connectivity index (χ0) is 24.5. The van der Waals surface area contributed by atoms with Crippen LogP contribution in [0.2, 0.25) is 0 Å². The van der Waals surface area contributed by atoms with E-state index in [2.05, 4.69) is 88.9 Å². The average Bonchev–Trinajstić information content (AvgIpc) is 3.43. The van der Waals surface area contributed by atoms with Gasteiger partial charge in [-0.1, -0.05) is 91.0 Å². The lowest BCUT2D eigenvalue weighted by atomic mass is 9.77. The van der Waals surface area contributed by atoms with Crippen molar-refractivity contribution in [1.29, 1.82) is 0 Å². The molecule has 0 unspecified atom stereocenters. The molecular weight excluding hydrogens is 434 g/mol. The van der Waals surface area contributed by atoms with Crippen molar-refractivity contribution in [1.82, 2.24) is 14.9 Å². The van der Waals surface area contributed by atoms with Gasteiger partial charge in [0.25, 0.3) is 0 Å². The highest BCUT2D eigenvalue weighted by Gasteiger charge is 2.44. The number of amides is 1. The maximum atomic E-state index is 12.2. The van der Waals surface area contributed by atoms with Gasteiger partial charge in [0.15, 0.2) is 0 Å². The maximum absolute atomic E-state index is 12.2. The minimum absolute atomic E-state index is 0.0350. The number of nitrogens with zero attached hydrogens (tertiary/aromatic N) is 2. The molecule has 5 heteroatoms. The first-order valence-electron chi connectivity index (χ1n) is 12.1. The van der Waals surface area contributed by atoms with E-state index in [-0.39, 0.29) is 18.1 Å². The number of carbonyl (C=O) groups is 1. The van der Waals surface area contributed by atoms with Crippen LogP contribution in [0.5, 0.6) is 0 Å². The number of alkyl carbamates (subject to hydrolysis) is 1. The second-order valence-electron chi connectivity index (χ2n) is 10.1. The fourth-order valence-electron chi connectivity index (χ4n) is 4.84. The molecule has 1 aliphatic carbocycles. The van der Waals surface area contributed by atoms with Crippen LogP contribution in [-0.4, -0.2) is 27.3 Å². The van der Waals surface area contributed by atoms with E-state index in [0.717, 1.165) is 28.8 Å². The van der Waals surface area contributed by atoms with Gasteiger partial charge in [0.1, 0.15) is 11.1 Å². The first kappa shape index (κ1) is 22.9. The summed E-state index contributed by atoms with van der Waals surface area (Å²) in [7, 11) is 0. The molecule has 5 nitrogen and oxygen atoms in total. The van der Waals surface area contributed by atoms with Crippen LogP contribution >= 0.6 is 0 Å². The van der Waals surface area contributed by atoms with E-state index in [9.17, 15) is 4.79 Å². The minimum atomic E-state index is -0.585. The van der Waals surface area contributed by atoms with E-state index in [4.69, 9.17) is 9.72 Å². The van der Waals surface area contributed by atoms with Crippen molar-refractivity contribution in [3.05, 3.63) is 126 Å². The Labute approximate surface area is 206 Å². The molecular formula is C30H31N3O2. The summed E-state index contributed by atoms with van der Waals surface area (Å²) in [5.74, 6) is 0.170. The number of ether oxygens (including phenoxy) is 1. The third-order valence-corrected chi connectivity index (χ3v) is 6.44. The molecule has 0 aliphatic heterocycles. The summed E-state index contributed by atoms with van der Waals surface area (Å²) >= 11 is 0. The van der Waals surface area contributed by atoms with Crippen molar-refractivity contribution >= 4 is 6.09 Å². The number of rotatable bonds is 6. The molecule has 5 rings (SSSR count). The monoisotopic (exact) mass is 465 g/mol. The van der Waals surface area contributed by atoms with E-state index in [1.54, 1.807) is 0 Å². The zero-order valence-corrected chi connectivity index (χ0v) is 20.4. The van der Waals surface area contributed by atoms with Gasteiger partial charge in [0.05, 0.1) is 12.0 Å². The number of aromatic nitrogens is 2. The van der Waals surface area contributed by atoms with Gasteiger partial charge in [-0.15, -0.1) is 0 Å². The van der Waals surface area contributed by atoms with Crippen molar-refractivity contribution in [2.75, 3.05) is 0 Å². The van der Waals surface area contributed by atoms with Gasteiger partial charge in [-0.3, -0.25) is 0 Å². The van der Waals surface area contributed by atoms with Crippen molar-refractivity contribution in [2.24, 2.45) is 0 Å². The molecule has 1 aliphatic rings. The summed E-state index contributed by atoms with van der Waals surface area (Å²) in [5, 5.41) is 2.99. The van der Waals surface area contributed by atoms with Crippen LogP contribution < -0.4 is 5.32 Å². The molecule has 0 saturated heterocycles. The molecule has 1 fully saturated rings. The average molecular weight is 466 g/mol. The Hall–Kier alpha value is -3.86. The molecule has 0 radical (unpaired) electrons. The second-order valence-corrected chi connectivity index (χ2v) is 10.1. The van der Waals surface area contributed by atoms with Crippen LogP contribution in [0.25, 0.3) is 0 Å². The number of nitrogens with one attached hydrogen (secondary N) is 1. The Bertz CT molecular complexity index is 1180. The van der Waals surface area contributed by atoms with Crippen LogP contribution in [0.1, 0.15) is 55.5 Å². The number of carbonyl (C=O) groups excluding carboxylic acids is 1. The SMILES string of the molecule is CC(C)(C)OC(=O)N[C@H]1C[C@@H]1c1cn(C(c2ccccc2)(c2ccccc2)c2ccccc2)cn1. The highest BCUT2D eigenvalue weighted by atomic mass is 16.6. The third-order valence-electron chi connectivity index (χ3n) is 6.44. The molecule has 2 atom stereocenters. The fourth-order valence-corrected chi connectivity index (χ4v) is 4.84. The molecule has 3 aromatic carbocycles. The lowest BCUT2D eigenvalue weighted by Gasteiger charge is -2.37. The minimum Gasteiger partial charge on any atom is -0.444 e. The van der Waals surface area contributed by atoms with Crippen LogP contribution in [0.3, 0.4) is 0 Å². The smallest absolute Gasteiger partial charge is 0.407 e. The van der Waals surface area contributed by atoms with Gasteiger partial charge >= 0.3 is 6.09 Å². The fraction of sp³-hybridized carbons (Fsp3) is 0.267. The first-order valence-corrected chi connectivity index (χ1v) is 12.1. The van der Waals surface area contributed by atoms with Gasteiger partial charge in [-0.05, 0) is 43.9 Å². The molecule has 0 spiro atoms. The van der Waals surface area contributed by atoms with Crippen LogP contribution in [0.4, 0.5) is 4.79 Å². The molecule has 1 heterocycles. The number of benzene rings is 3. The molecule has 1 saturated carbocycles. The summed E-state index contributed by atoms with van der Waals surface area (Å²) in [6.07, 6.45) is 4.53. The standard InChI is InChI=1S/C30H31N3O2/c1-29(2,3)35-28(34)32-26-19-25(26)27-20-33(21-31-27)30(22-13-7-4-8-14-22,23-15-9-5-10-16-23)24-17-11-6-12-18-24/h4-18,20-21,25-26H,19H2,1-3H3,(H,32,34)/t25-,26-/m0/s1. The quantitative estimate of drug-likeness (QED) is 0.350. The van der Waals surface area contributed by atoms with Crippen LogP contribution in [-0.2, 0) is 10.3 Å². The zero-order valence-electron chi connectivity index (χ0n) is 20.4. The number of hydrogen-bond acceptors (Lipinski definition) is 3. The molecule has 1 aromatic heterocycles. The van der Waals surface area contributed by atoms with Crippen molar-refractivity contribution < 1.29 is 9.53 Å². The highest BCUT2D eigenvalue weighted by Crippen LogP contribution is 2.44. The first-order chi connectivity index (χ1) is 16.9. The van der Waals surface area contributed by atoms with E-state index in [0.29, 0.717) is 0 Å². The number of imidazole rings is 1. The molecule has 35 heavy (non-hydrogen) atoms. The lowest BCUT2D eigenvalue weighted by Crippen LogP contribution is -2.37. The molecule has 1 amide bonds. The number of hydrogen-bond donors (Lipinski definition) is 1. The van der Waals surface area contributed by atoms with Crippen LogP contribution in [0.15, 0.2) is 104 Å². The summed E-state index contributed by atoms with van der Waals surface area (Å²) in [6.45, 7) is 5.61. The summed E-state index contributed by atoms with van der Waals surface area (Å²) < 4.78 is 7.64. The predicted octanol–water partition coefficient (Wildman–Crippen LogP) is 6.10. The van der Waals surface area contributed by atoms with Gasteiger partial charge in [-0.2, -0.15) is 0 Å². The summed E-state index contributed by atoms with van der Waals surface area (Å²) in [6, 6.07) is 31.7. The molecule has 1 N–H and O–H groups in total. The van der Waals surface area contributed by atoms with Crippen molar-refractivity contribution in [2.45, 2.75) is 50.3 Å². The highest BCUT2D eigenvalue weighted by molar-refractivity contribution is 5.69. The lowest BCUT2D eigenvalue weighted by molar-refractivity contribution is 0.0522. The molecule has 178 valence electrons. The topological polar surface area (TPSA) is 56.1 Å². The normalized spacial score (nSPS) is 17.6. The Morgan fingerprint density at radius 2 is 1.34 bits per heavy atom. The molecule has 4 aromatic rings. The third kappa shape index (κ3) is 4.59. The molecule has 0 bridgehead atoms. The Morgan fingerprint density at radius 3 is 1.80 bits per heavy atom.